The molecule has 0 aliphatic heterocycles. The van der Waals surface area contributed by atoms with Crippen LogP contribution in [0.15, 0.2) is 30.3 Å². The van der Waals surface area contributed by atoms with E-state index in [4.69, 9.17) is 0 Å². The van der Waals surface area contributed by atoms with E-state index in [9.17, 15) is 4.39 Å². The molecule has 1 unspecified atom stereocenters. The van der Waals surface area contributed by atoms with E-state index in [1.807, 2.05) is 13.1 Å². The zero-order valence-corrected chi connectivity index (χ0v) is 13.3. The Morgan fingerprint density at radius 2 is 2.11 bits per heavy atom. The van der Waals surface area contributed by atoms with Crippen molar-refractivity contribution in [2.24, 2.45) is 0 Å². The molecule has 96 valence electrons. The third kappa shape index (κ3) is 2.75. The van der Waals surface area contributed by atoms with Gasteiger partial charge in [0, 0.05) is 21.4 Å². The first-order chi connectivity index (χ1) is 8.67. The molecule has 1 aromatic heterocycles. The van der Waals surface area contributed by atoms with Crippen LogP contribution in [0.5, 0.6) is 0 Å². The summed E-state index contributed by atoms with van der Waals surface area (Å²) in [6.07, 6.45) is 1.05. The number of hydrogen-bond acceptors (Lipinski definition) is 2. The SMILES string of the molecule is CCC(NC)c1ccc(-c2cccc(F)c2I)s1. The summed E-state index contributed by atoms with van der Waals surface area (Å²) >= 11 is 3.80. The maximum absolute atomic E-state index is 13.5. The third-order valence-corrected chi connectivity index (χ3v) is 5.27. The molecule has 0 bridgehead atoms. The Kier molecular flexibility index (Phi) is 4.75. The molecule has 1 atom stereocenters. The zero-order valence-electron chi connectivity index (χ0n) is 10.3. The highest BCUT2D eigenvalue weighted by atomic mass is 127. The Bertz CT molecular complexity index is 534. The van der Waals surface area contributed by atoms with Crippen LogP contribution in [0.2, 0.25) is 0 Å². The molecule has 2 rings (SSSR count). The highest BCUT2D eigenvalue weighted by Crippen LogP contribution is 2.35. The van der Waals surface area contributed by atoms with Gasteiger partial charge in [-0.15, -0.1) is 11.3 Å². The molecule has 0 saturated heterocycles. The first-order valence-electron chi connectivity index (χ1n) is 5.88. The van der Waals surface area contributed by atoms with Crippen LogP contribution in [-0.2, 0) is 0 Å². The standard InChI is InChI=1S/C14H15FINS/c1-3-11(17-2)13-8-7-12(18-13)9-5-4-6-10(15)14(9)16/h4-8,11,17H,3H2,1-2H3. The van der Waals surface area contributed by atoms with Crippen molar-refractivity contribution in [1.29, 1.82) is 0 Å². The molecule has 1 heterocycles. The fourth-order valence-corrected chi connectivity index (χ4v) is 3.99. The Morgan fingerprint density at radius 1 is 1.33 bits per heavy atom. The maximum atomic E-state index is 13.5. The van der Waals surface area contributed by atoms with Gasteiger partial charge in [0.25, 0.3) is 0 Å². The van der Waals surface area contributed by atoms with Crippen molar-refractivity contribution in [3.05, 3.63) is 44.6 Å². The second kappa shape index (κ2) is 6.12. The van der Waals surface area contributed by atoms with E-state index >= 15 is 0 Å². The minimum Gasteiger partial charge on any atom is -0.312 e. The summed E-state index contributed by atoms with van der Waals surface area (Å²) in [6.45, 7) is 2.16. The van der Waals surface area contributed by atoms with Gasteiger partial charge in [-0.25, -0.2) is 4.39 Å². The van der Waals surface area contributed by atoms with Gasteiger partial charge < -0.3 is 5.32 Å². The molecule has 0 amide bonds. The van der Waals surface area contributed by atoms with Gasteiger partial charge in [0.2, 0.25) is 0 Å². The summed E-state index contributed by atoms with van der Waals surface area (Å²) in [5, 5.41) is 3.29. The summed E-state index contributed by atoms with van der Waals surface area (Å²) in [4.78, 5) is 2.43. The van der Waals surface area contributed by atoms with E-state index in [1.54, 1.807) is 17.4 Å². The van der Waals surface area contributed by atoms with Crippen LogP contribution in [0.3, 0.4) is 0 Å². The van der Waals surface area contributed by atoms with E-state index in [2.05, 4.69) is 47.0 Å². The maximum Gasteiger partial charge on any atom is 0.137 e. The van der Waals surface area contributed by atoms with Crippen molar-refractivity contribution in [1.82, 2.24) is 5.32 Å². The predicted octanol–water partition coefficient (Wildman–Crippen LogP) is 4.83. The monoisotopic (exact) mass is 375 g/mol. The Morgan fingerprint density at radius 3 is 2.78 bits per heavy atom. The smallest absolute Gasteiger partial charge is 0.137 e. The van der Waals surface area contributed by atoms with Crippen molar-refractivity contribution >= 4 is 33.9 Å². The zero-order chi connectivity index (χ0) is 13.1. The van der Waals surface area contributed by atoms with Crippen molar-refractivity contribution in [3.8, 4) is 10.4 Å². The number of halogens is 2. The number of rotatable bonds is 4. The normalized spacial score (nSPS) is 12.7. The molecule has 1 nitrogen and oxygen atoms in total. The Balaban J connectivity index is 2.38. The lowest BCUT2D eigenvalue weighted by atomic mass is 10.1. The van der Waals surface area contributed by atoms with E-state index in [0.717, 1.165) is 16.9 Å². The van der Waals surface area contributed by atoms with Gasteiger partial charge in [-0.3, -0.25) is 0 Å². The van der Waals surface area contributed by atoms with Gasteiger partial charge in [0.05, 0.1) is 3.57 Å². The van der Waals surface area contributed by atoms with E-state index in [0.29, 0.717) is 9.61 Å². The minimum absolute atomic E-state index is 0.149. The lowest BCUT2D eigenvalue weighted by molar-refractivity contribution is 0.586. The first-order valence-corrected chi connectivity index (χ1v) is 7.78. The molecule has 0 radical (unpaired) electrons. The van der Waals surface area contributed by atoms with Crippen molar-refractivity contribution in [3.63, 3.8) is 0 Å². The number of nitrogens with one attached hydrogen (secondary N) is 1. The summed E-state index contributed by atoms with van der Waals surface area (Å²) in [6, 6.07) is 9.84. The summed E-state index contributed by atoms with van der Waals surface area (Å²) in [7, 11) is 1.97. The van der Waals surface area contributed by atoms with E-state index < -0.39 is 0 Å². The number of benzene rings is 1. The molecule has 0 aliphatic carbocycles. The van der Waals surface area contributed by atoms with Crippen LogP contribution < -0.4 is 5.32 Å². The quantitative estimate of drug-likeness (QED) is 0.755. The van der Waals surface area contributed by atoms with Gasteiger partial charge in [-0.05, 0) is 54.3 Å². The molecule has 2 aromatic rings. The first kappa shape index (κ1) is 14.0. The van der Waals surface area contributed by atoms with Crippen LogP contribution in [0, 0.1) is 9.39 Å². The summed E-state index contributed by atoms with van der Waals surface area (Å²) in [5.41, 5.74) is 0.984. The van der Waals surface area contributed by atoms with Gasteiger partial charge in [0.1, 0.15) is 5.82 Å². The lowest BCUT2D eigenvalue weighted by Crippen LogP contribution is -2.13. The highest BCUT2D eigenvalue weighted by Gasteiger charge is 2.13. The average molecular weight is 375 g/mol. The topological polar surface area (TPSA) is 12.0 Å². The third-order valence-electron chi connectivity index (χ3n) is 2.94. The van der Waals surface area contributed by atoms with Gasteiger partial charge in [0.15, 0.2) is 0 Å². The Hall–Kier alpha value is -0.460. The van der Waals surface area contributed by atoms with Crippen molar-refractivity contribution in [2.45, 2.75) is 19.4 Å². The molecule has 0 spiro atoms. The van der Waals surface area contributed by atoms with Crippen LogP contribution in [0.4, 0.5) is 4.39 Å². The van der Waals surface area contributed by atoms with E-state index in [1.165, 1.54) is 10.9 Å². The second-order valence-electron chi connectivity index (χ2n) is 4.05. The van der Waals surface area contributed by atoms with Crippen molar-refractivity contribution in [2.75, 3.05) is 7.05 Å². The summed E-state index contributed by atoms with van der Waals surface area (Å²) < 4.78 is 14.2. The molecule has 1 N–H and O–H groups in total. The predicted molar refractivity (Wildman–Crippen MR) is 84.5 cm³/mol. The van der Waals surface area contributed by atoms with Gasteiger partial charge >= 0.3 is 0 Å². The van der Waals surface area contributed by atoms with Crippen LogP contribution >= 0.6 is 33.9 Å². The number of hydrogen-bond donors (Lipinski definition) is 1. The van der Waals surface area contributed by atoms with Gasteiger partial charge in [-0.2, -0.15) is 0 Å². The molecular formula is C14H15FINS. The fraction of sp³-hybridized carbons (Fsp3) is 0.286. The molecule has 1 aromatic carbocycles. The second-order valence-corrected chi connectivity index (χ2v) is 6.25. The van der Waals surface area contributed by atoms with Crippen molar-refractivity contribution < 1.29 is 4.39 Å². The lowest BCUT2D eigenvalue weighted by Gasteiger charge is -2.10. The average Bonchev–Trinajstić information content (AvgIpc) is 2.84. The molecule has 4 heteroatoms. The molecular weight excluding hydrogens is 360 g/mol. The van der Waals surface area contributed by atoms with Crippen LogP contribution in [0.25, 0.3) is 10.4 Å². The summed E-state index contributed by atoms with van der Waals surface area (Å²) in [5.74, 6) is -0.149. The van der Waals surface area contributed by atoms with Crippen LogP contribution in [-0.4, -0.2) is 7.05 Å². The Labute approximate surface area is 125 Å². The largest absolute Gasteiger partial charge is 0.312 e. The molecule has 18 heavy (non-hydrogen) atoms. The fourth-order valence-electron chi connectivity index (χ4n) is 1.93. The number of thiophene rings is 1. The molecule has 0 saturated carbocycles. The minimum atomic E-state index is -0.149. The van der Waals surface area contributed by atoms with Gasteiger partial charge in [-0.1, -0.05) is 19.1 Å². The highest BCUT2D eigenvalue weighted by molar-refractivity contribution is 14.1. The van der Waals surface area contributed by atoms with E-state index in [-0.39, 0.29) is 5.82 Å². The molecule has 0 aliphatic rings. The van der Waals surface area contributed by atoms with Crippen LogP contribution in [0.1, 0.15) is 24.3 Å². The molecule has 0 fully saturated rings.